The maximum Gasteiger partial charge on any atom is 0.406 e. The number of nitrogens with zero attached hydrogens (tertiary/aromatic N) is 2. The number of anilines is 1. The number of hydrogen-bond donors (Lipinski definition) is 2. The highest BCUT2D eigenvalue weighted by molar-refractivity contribution is 8.00. The molecule has 32 heavy (non-hydrogen) atoms. The molecule has 0 radical (unpaired) electrons. The van der Waals surface area contributed by atoms with E-state index >= 15 is 0 Å². The van der Waals surface area contributed by atoms with Crippen molar-refractivity contribution >= 4 is 33.4 Å². The smallest absolute Gasteiger partial charge is 0.325 e. The van der Waals surface area contributed by atoms with Crippen molar-refractivity contribution < 1.29 is 26.4 Å². The molecule has 1 amide bonds. The maximum atomic E-state index is 13.2. The number of hydrogen-bond acceptors (Lipinski definition) is 5. The summed E-state index contributed by atoms with van der Waals surface area (Å²) in [6.07, 6.45) is -3.13. The van der Waals surface area contributed by atoms with Gasteiger partial charge in [0, 0.05) is 5.69 Å². The Kier molecular flexibility index (Phi) is 6.96. The lowest BCUT2D eigenvalue weighted by Gasteiger charge is -2.16. The molecule has 0 saturated heterocycles. The SMILES string of the molecule is CC(Sc1ncc(-c2ccccc2)n1CC(F)(F)F)C(=O)Nc1ccc(S(N)(=O)=O)cc1. The molecule has 0 spiro atoms. The van der Waals surface area contributed by atoms with Crippen molar-refractivity contribution in [3.8, 4) is 11.3 Å². The van der Waals surface area contributed by atoms with Crippen LogP contribution >= 0.6 is 11.8 Å². The molecule has 170 valence electrons. The number of sulfonamides is 1. The quantitative estimate of drug-likeness (QED) is 0.495. The number of benzene rings is 2. The summed E-state index contributed by atoms with van der Waals surface area (Å²) >= 11 is 0.885. The lowest BCUT2D eigenvalue weighted by Crippen LogP contribution is -2.24. The fourth-order valence-corrected chi connectivity index (χ4v) is 4.21. The highest BCUT2D eigenvalue weighted by Crippen LogP contribution is 2.32. The van der Waals surface area contributed by atoms with Crippen molar-refractivity contribution in [3.05, 3.63) is 60.8 Å². The molecule has 0 aliphatic carbocycles. The zero-order valence-corrected chi connectivity index (χ0v) is 18.3. The molecule has 3 aromatic rings. The number of carbonyl (C=O) groups is 1. The number of nitrogens with two attached hydrogens (primary N) is 1. The third-order valence-corrected chi connectivity index (χ3v) is 6.36. The van der Waals surface area contributed by atoms with E-state index in [2.05, 4.69) is 10.3 Å². The fraction of sp³-hybridized carbons (Fsp3) is 0.200. The molecule has 1 heterocycles. The number of nitrogens with one attached hydrogen (secondary N) is 1. The minimum atomic E-state index is -4.48. The Bertz CT molecular complexity index is 1200. The van der Waals surface area contributed by atoms with Crippen LogP contribution < -0.4 is 10.5 Å². The van der Waals surface area contributed by atoms with Crippen LogP contribution in [-0.2, 0) is 21.4 Å². The molecule has 7 nitrogen and oxygen atoms in total. The van der Waals surface area contributed by atoms with Crippen LogP contribution in [0.5, 0.6) is 0 Å². The van der Waals surface area contributed by atoms with Gasteiger partial charge in [-0.15, -0.1) is 0 Å². The van der Waals surface area contributed by atoms with Gasteiger partial charge in [-0.1, -0.05) is 42.1 Å². The second-order valence-electron chi connectivity index (χ2n) is 6.81. The molecule has 1 atom stereocenters. The Morgan fingerprint density at radius 1 is 1.16 bits per heavy atom. The number of imidazole rings is 1. The topological polar surface area (TPSA) is 107 Å². The maximum absolute atomic E-state index is 13.2. The molecule has 3 N–H and O–H groups in total. The van der Waals surface area contributed by atoms with Gasteiger partial charge in [0.05, 0.1) is 22.0 Å². The summed E-state index contributed by atoms with van der Waals surface area (Å²) in [7, 11) is -3.87. The van der Waals surface area contributed by atoms with Gasteiger partial charge in [0.1, 0.15) is 6.54 Å². The largest absolute Gasteiger partial charge is 0.406 e. The molecule has 0 fully saturated rings. The van der Waals surface area contributed by atoms with E-state index in [0.29, 0.717) is 11.3 Å². The Hall–Kier alpha value is -2.83. The number of aromatic nitrogens is 2. The van der Waals surface area contributed by atoms with Crippen LogP contribution in [0.25, 0.3) is 11.3 Å². The first-order valence-electron chi connectivity index (χ1n) is 9.22. The molecule has 1 unspecified atom stereocenters. The molecule has 3 rings (SSSR count). The number of rotatable bonds is 7. The summed E-state index contributed by atoms with van der Waals surface area (Å²) in [5, 5.41) is 6.89. The van der Waals surface area contributed by atoms with Crippen molar-refractivity contribution in [2.45, 2.75) is 34.9 Å². The third-order valence-electron chi connectivity index (χ3n) is 4.33. The Morgan fingerprint density at radius 2 is 1.78 bits per heavy atom. The molecular formula is C20H19F3N4O3S2. The number of carbonyl (C=O) groups excluding carboxylic acids is 1. The van der Waals surface area contributed by atoms with Crippen LogP contribution in [0, 0.1) is 0 Å². The average molecular weight is 485 g/mol. The Balaban J connectivity index is 1.78. The van der Waals surface area contributed by atoms with Crippen molar-refractivity contribution in [3.63, 3.8) is 0 Å². The molecule has 2 aromatic carbocycles. The van der Waals surface area contributed by atoms with E-state index < -0.39 is 33.9 Å². The molecular weight excluding hydrogens is 465 g/mol. The van der Waals surface area contributed by atoms with Crippen LogP contribution in [0.2, 0.25) is 0 Å². The third kappa shape index (κ3) is 6.11. The molecule has 0 bridgehead atoms. The van der Waals surface area contributed by atoms with Crippen LogP contribution in [-0.4, -0.2) is 35.3 Å². The molecule has 0 aliphatic heterocycles. The van der Waals surface area contributed by atoms with E-state index in [4.69, 9.17) is 5.14 Å². The summed E-state index contributed by atoms with van der Waals surface area (Å²) in [4.78, 5) is 16.5. The lowest BCUT2D eigenvalue weighted by atomic mass is 10.2. The van der Waals surface area contributed by atoms with Crippen LogP contribution in [0.4, 0.5) is 18.9 Å². The van der Waals surface area contributed by atoms with E-state index in [-0.39, 0.29) is 15.7 Å². The number of alkyl halides is 3. The first kappa shape index (κ1) is 23.8. The van der Waals surface area contributed by atoms with Gasteiger partial charge in [-0.05, 0) is 36.8 Å². The summed E-state index contributed by atoms with van der Waals surface area (Å²) in [5.41, 5.74) is 1.18. The van der Waals surface area contributed by atoms with E-state index in [0.717, 1.165) is 16.3 Å². The van der Waals surface area contributed by atoms with Gasteiger partial charge < -0.3 is 9.88 Å². The zero-order chi connectivity index (χ0) is 23.5. The van der Waals surface area contributed by atoms with Gasteiger partial charge in [0.25, 0.3) is 0 Å². The van der Waals surface area contributed by atoms with Gasteiger partial charge in [0.2, 0.25) is 15.9 Å². The number of halogens is 3. The highest BCUT2D eigenvalue weighted by Gasteiger charge is 2.31. The zero-order valence-electron chi connectivity index (χ0n) is 16.7. The van der Waals surface area contributed by atoms with Gasteiger partial charge in [-0.2, -0.15) is 13.2 Å². The Labute approximate surface area is 186 Å². The standard InChI is InChI=1S/C20H19F3N4O3S2/c1-13(18(28)26-15-7-9-16(10-8-15)32(24,29)30)31-19-25-11-17(14-5-3-2-4-6-14)27(19)12-20(21,22)23/h2-11,13H,12H2,1H3,(H,26,28)(H2,24,29,30). The van der Waals surface area contributed by atoms with Crippen LogP contribution in [0.1, 0.15) is 6.92 Å². The summed E-state index contributed by atoms with van der Waals surface area (Å²) < 4.78 is 63.3. The van der Waals surface area contributed by atoms with E-state index in [1.54, 1.807) is 30.3 Å². The summed E-state index contributed by atoms with van der Waals surface area (Å²) in [6.45, 7) is 0.288. The average Bonchev–Trinajstić information content (AvgIpc) is 3.08. The minimum absolute atomic E-state index is 0.0494. The number of thioether (sulfide) groups is 1. The predicted molar refractivity (Wildman–Crippen MR) is 115 cm³/mol. The molecule has 1 aromatic heterocycles. The van der Waals surface area contributed by atoms with Crippen LogP contribution in [0.15, 0.2) is 70.8 Å². The summed E-state index contributed by atoms with van der Waals surface area (Å²) in [6, 6.07) is 13.8. The van der Waals surface area contributed by atoms with Crippen LogP contribution in [0.3, 0.4) is 0 Å². The fourth-order valence-electron chi connectivity index (χ4n) is 2.81. The van der Waals surface area contributed by atoms with Crippen molar-refractivity contribution in [1.29, 1.82) is 0 Å². The second-order valence-corrected chi connectivity index (χ2v) is 9.68. The van der Waals surface area contributed by atoms with E-state index in [1.165, 1.54) is 37.4 Å². The lowest BCUT2D eigenvalue weighted by molar-refractivity contribution is -0.141. The predicted octanol–water partition coefficient (Wildman–Crippen LogP) is 3.88. The van der Waals surface area contributed by atoms with E-state index in [1.807, 2.05) is 0 Å². The monoisotopic (exact) mass is 484 g/mol. The van der Waals surface area contributed by atoms with E-state index in [9.17, 15) is 26.4 Å². The van der Waals surface area contributed by atoms with Gasteiger partial charge in [-0.3, -0.25) is 4.79 Å². The van der Waals surface area contributed by atoms with Crippen molar-refractivity contribution in [2.24, 2.45) is 5.14 Å². The molecule has 0 saturated carbocycles. The summed E-state index contributed by atoms with van der Waals surface area (Å²) in [5.74, 6) is -0.485. The second kappa shape index (κ2) is 9.35. The van der Waals surface area contributed by atoms with Gasteiger partial charge in [-0.25, -0.2) is 18.5 Å². The molecule has 12 heteroatoms. The Morgan fingerprint density at radius 3 is 2.34 bits per heavy atom. The number of amides is 1. The first-order chi connectivity index (χ1) is 14.9. The number of primary sulfonamides is 1. The van der Waals surface area contributed by atoms with Crippen molar-refractivity contribution in [2.75, 3.05) is 5.32 Å². The van der Waals surface area contributed by atoms with Crippen molar-refractivity contribution in [1.82, 2.24) is 9.55 Å². The normalized spacial score (nSPS) is 13.0. The van der Waals surface area contributed by atoms with Gasteiger partial charge in [0.15, 0.2) is 5.16 Å². The highest BCUT2D eigenvalue weighted by atomic mass is 32.2. The van der Waals surface area contributed by atoms with Gasteiger partial charge >= 0.3 is 6.18 Å². The minimum Gasteiger partial charge on any atom is -0.325 e. The first-order valence-corrected chi connectivity index (χ1v) is 11.6. The molecule has 0 aliphatic rings.